The number of ketones is 1. The van der Waals surface area contributed by atoms with E-state index < -0.39 is 11.6 Å². The Morgan fingerprint density at radius 1 is 1.09 bits per heavy atom. The quantitative estimate of drug-likeness (QED) is 0.402. The normalized spacial score (nSPS) is 11.2. The number of thiophene rings is 1. The highest BCUT2D eigenvalue weighted by Crippen LogP contribution is 2.34. The Kier molecular flexibility index (Phi) is 5.06. The molecule has 8 nitrogen and oxygen atoms in total. The number of nitrogens with one attached hydrogen (secondary N) is 1. The summed E-state index contributed by atoms with van der Waals surface area (Å²) in [6, 6.07) is 12.6. The zero-order valence-electron chi connectivity index (χ0n) is 17.3. The van der Waals surface area contributed by atoms with E-state index >= 15 is 0 Å². The Hall–Kier alpha value is -4.18. The maximum atomic E-state index is 13.3. The van der Waals surface area contributed by atoms with Crippen LogP contribution in [0.3, 0.4) is 0 Å². The number of carbonyl (C=O) groups is 2. The van der Waals surface area contributed by atoms with Crippen molar-refractivity contribution in [2.24, 2.45) is 0 Å². The van der Waals surface area contributed by atoms with Crippen molar-refractivity contribution in [1.82, 2.24) is 19.2 Å². The molecule has 2 aromatic carbocycles. The van der Waals surface area contributed by atoms with Gasteiger partial charge in [0.05, 0.1) is 10.2 Å². The summed E-state index contributed by atoms with van der Waals surface area (Å²) >= 11 is 1.37. The average Bonchev–Trinajstić information content (AvgIpc) is 3.36. The molecule has 0 atom stereocenters. The number of amides is 1. The van der Waals surface area contributed by atoms with Crippen molar-refractivity contribution in [3.05, 3.63) is 82.1 Å². The first-order valence-electron chi connectivity index (χ1n) is 9.93. The number of Topliss-reactive ketones (excluding diaryl/α,β-unsaturated/α-hetero) is 1. The van der Waals surface area contributed by atoms with Crippen LogP contribution in [0.4, 0.5) is 10.1 Å². The number of fused-ring (bicyclic) bond motifs is 3. The van der Waals surface area contributed by atoms with Gasteiger partial charge in [-0.15, -0.1) is 16.4 Å². The summed E-state index contributed by atoms with van der Waals surface area (Å²) in [5, 5.41) is 8.93. The van der Waals surface area contributed by atoms with Gasteiger partial charge in [0.2, 0.25) is 5.91 Å². The maximum Gasteiger partial charge on any atom is 0.352 e. The molecule has 0 saturated heterocycles. The standard InChI is InChI=1S/C23H16FN5O3S/c1-13(30)14-4-8-17(9-5-14)26-19(31)10-29-23(32)28-12-25-20-18(11-33-21(20)22(28)27-29)15-2-6-16(24)7-3-15/h2-9,11-12H,10H2,1H3,(H,26,31). The molecular formula is C23H16FN5O3S. The zero-order chi connectivity index (χ0) is 23.1. The van der Waals surface area contributed by atoms with Gasteiger partial charge >= 0.3 is 5.69 Å². The Morgan fingerprint density at radius 3 is 2.52 bits per heavy atom. The van der Waals surface area contributed by atoms with Gasteiger partial charge in [-0.2, -0.15) is 0 Å². The van der Waals surface area contributed by atoms with Gasteiger partial charge in [-0.05, 0) is 48.9 Å². The van der Waals surface area contributed by atoms with Crippen molar-refractivity contribution >= 4 is 44.6 Å². The number of hydrogen-bond acceptors (Lipinski definition) is 6. The molecule has 0 aliphatic heterocycles. The molecule has 33 heavy (non-hydrogen) atoms. The summed E-state index contributed by atoms with van der Waals surface area (Å²) in [4.78, 5) is 41.0. The highest BCUT2D eigenvalue weighted by Gasteiger charge is 2.17. The molecule has 0 radical (unpaired) electrons. The second kappa shape index (κ2) is 8.06. The molecular weight excluding hydrogens is 445 g/mol. The summed E-state index contributed by atoms with van der Waals surface area (Å²) in [7, 11) is 0. The highest BCUT2D eigenvalue weighted by molar-refractivity contribution is 7.18. The second-order valence-corrected chi connectivity index (χ2v) is 8.27. The van der Waals surface area contributed by atoms with Crippen LogP contribution < -0.4 is 11.0 Å². The minimum absolute atomic E-state index is 0.0692. The number of carbonyl (C=O) groups excluding carboxylic acids is 2. The topological polar surface area (TPSA) is 98.4 Å². The molecule has 1 amide bonds. The van der Waals surface area contributed by atoms with Crippen molar-refractivity contribution in [3.8, 4) is 11.1 Å². The van der Waals surface area contributed by atoms with Gasteiger partial charge in [0.1, 0.15) is 18.7 Å². The number of nitrogens with zero attached hydrogens (tertiary/aromatic N) is 4. The Morgan fingerprint density at radius 2 is 1.82 bits per heavy atom. The van der Waals surface area contributed by atoms with Crippen LogP contribution in [0, 0.1) is 5.82 Å². The van der Waals surface area contributed by atoms with Crippen molar-refractivity contribution < 1.29 is 14.0 Å². The molecule has 5 rings (SSSR count). The fourth-order valence-electron chi connectivity index (χ4n) is 3.50. The fraction of sp³-hybridized carbons (Fsp3) is 0.0870. The lowest BCUT2D eigenvalue weighted by atomic mass is 10.1. The monoisotopic (exact) mass is 461 g/mol. The molecule has 0 bridgehead atoms. The lowest BCUT2D eigenvalue weighted by molar-refractivity contribution is -0.117. The highest BCUT2D eigenvalue weighted by atomic mass is 32.1. The van der Waals surface area contributed by atoms with Crippen molar-refractivity contribution in [2.45, 2.75) is 13.5 Å². The van der Waals surface area contributed by atoms with Crippen LogP contribution in [0.15, 0.2) is 65.0 Å². The van der Waals surface area contributed by atoms with E-state index in [-0.39, 0.29) is 18.1 Å². The first kappa shape index (κ1) is 20.7. The molecule has 0 saturated carbocycles. The van der Waals surface area contributed by atoms with E-state index in [1.54, 1.807) is 36.4 Å². The molecule has 3 heterocycles. The van der Waals surface area contributed by atoms with E-state index in [4.69, 9.17) is 0 Å². The molecule has 10 heteroatoms. The third-order valence-corrected chi connectivity index (χ3v) is 6.13. The number of aromatic nitrogens is 4. The van der Waals surface area contributed by atoms with E-state index in [9.17, 15) is 18.8 Å². The Balaban J connectivity index is 1.44. The third-order valence-electron chi connectivity index (χ3n) is 5.16. The van der Waals surface area contributed by atoms with Crippen LogP contribution in [0.25, 0.3) is 27.0 Å². The fourth-order valence-corrected chi connectivity index (χ4v) is 4.50. The van der Waals surface area contributed by atoms with Crippen LogP contribution in [0.2, 0.25) is 0 Å². The lowest BCUT2D eigenvalue weighted by Gasteiger charge is -2.05. The van der Waals surface area contributed by atoms with E-state index in [1.165, 1.54) is 41.1 Å². The van der Waals surface area contributed by atoms with E-state index in [2.05, 4.69) is 15.4 Å². The van der Waals surface area contributed by atoms with Gasteiger partial charge < -0.3 is 5.32 Å². The molecule has 164 valence electrons. The molecule has 1 N–H and O–H groups in total. The largest absolute Gasteiger partial charge is 0.352 e. The smallest absolute Gasteiger partial charge is 0.324 e. The predicted molar refractivity (Wildman–Crippen MR) is 123 cm³/mol. The zero-order valence-corrected chi connectivity index (χ0v) is 18.1. The summed E-state index contributed by atoms with van der Waals surface area (Å²) in [5.74, 6) is -0.828. The van der Waals surface area contributed by atoms with E-state index in [1.807, 2.05) is 5.38 Å². The second-order valence-electron chi connectivity index (χ2n) is 7.39. The third kappa shape index (κ3) is 3.80. The first-order valence-corrected chi connectivity index (χ1v) is 10.8. The summed E-state index contributed by atoms with van der Waals surface area (Å²) in [6.45, 7) is 1.18. The average molecular weight is 461 g/mol. The van der Waals surface area contributed by atoms with Gasteiger partial charge in [0, 0.05) is 22.2 Å². The van der Waals surface area contributed by atoms with E-state index in [0.29, 0.717) is 27.1 Å². The van der Waals surface area contributed by atoms with Gasteiger partial charge in [-0.1, -0.05) is 12.1 Å². The van der Waals surface area contributed by atoms with E-state index in [0.717, 1.165) is 15.8 Å². The number of rotatable bonds is 5. The van der Waals surface area contributed by atoms with Crippen molar-refractivity contribution in [3.63, 3.8) is 0 Å². The molecule has 0 fully saturated rings. The Labute approximate surface area is 189 Å². The SMILES string of the molecule is CC(=O)c1ccc(NC(=O)Cn2nc3c4scc(-c5ccc(F)cc5)c4ncn3c2=O)cc1. The lowest BCUT2D eigenvalue weighted by Crippen LogP contribution is -2.28. The molecule has 5 aromatic rings. The number of halogens is 1. The van der Waals surface area contributed by atoms with Gasteiger partial charge in [-0.3, -0.25) is 9.59 Å². The number of benzene rings is 2. The van der Waals surface area contributed by atoms with Crippen molar-refractivity contribution in [1.29, 1.82) is 0 Å². The Bertz CT molecular complexity index is 1580. The van der Waals surface area contributed by atoms with Crippen molar-refractivity contribution in [2.75, 3.05) is 5.32 Å². The summed E-state index contributed by atoms with van der Waals surface area (Å²) in [5.41, 5.74) is 3.21. The minimum atomic E-state index is -0.488. The molecule has 0 spiro atoms. The summed E-state index contributed by atoms with van der Waals surface area (Å²) < 4.78 is 16.3. The predicted octanol–water partition coefficient (Wildman–Crippen LogP) is 3.75. The van der Waals surface area contributed by atoms with Crippen LogP contribution in [0.1, 0.15) is 17.3 Å². The molecule has 0 aliphatic carbocycles. The van der Waals surface area contributed by atoms with Crippen LogP contribution >= 0.6 is 11.3 Å². The number of anilines is 1. The maximum absolute atomic E-state index is 13.3. The molecule has 0 aliphatic rings. The minimum Gasteiger partial charge on any atom is -0.324 e. The molecule has 3 aromatic heterocycles. The van der Waals surface area contributed by atoms with Crippen LogP contribution in [-0.4, -0.2) is 30.9 Å². The van der Waals surface area contributed by atoms with Crippen LogP contribution in [-0.2, 0) is 11.3 Å². The van der Waals surface area contributed by atoms with Crippen LogP contribution in [0.5, 0.6) is 0 Å². The van der Waals surface area contributed by atoms with Gasteiger partial charge in [0.25, 0.3) is 0 Å². The first-order chi connectivity index (χ1) is 15.9. The number of hydrogen-bond donors (Lipinski definition) is 1. The molecule has 0 unspecified atom stereocenters. The van der Waals surface area contributed by atoms with Gasteiger partial charge in [-0.25, -0.2) is 23.3 Å². The summed E-state index contributed by atoms with van der Waals surface area (Å²) in [6.07, 6.45) is 1.38. The van der Waals surface area contributed by atoms with Gasteiger partial charge in [0.15, 0.2) is 11.4 Å².